The fraction of sp³-hybridized carbons (Fsp3) is 0.500. The first kappa shape index (κ1) is 11.8. The molecule has 2 rings (SSSR count). The largest absolute Gasteiger partial charge is 0.487 e. The molecule has 1 heterocycles. The highest BCUT2D eigenvalue weighted by molar-refractivity contribution is 7.16. The summed E-state index contributed by atoms with van der Waals surface area (Å²) in [6.45, 7) is 0. The van der Waals surface area contributed by atoms with E-state index in [0.717, 1.165) is 24.6 Å². The van der Waals surface area contributed by atoms with E-state index >= 15 is 0 Å². The lowest BCUT2D eigenvalue weighted by Gasteiger charge is -2.29. The Labute approximate surface area is 97.0 Å². The maximum atomic E-state index is 13.0. The van der Waals surface area contributed by atoms with Crippen LogP contribution >= 0.6 is 9.24 Å². The molecular formula is C12H16FO2P. The lowest BCUT2D eigenvalue weighted by Crippen LogP contribution is -2.35. The van der Waals surface area contributed by atoms with Crippen LogP contribution in [0.3, 0.4) is 0 Å². The van der Waals surface area contributed by atoms with Gasteiger partial charge in [0.15, 0.2) is 0 Å². The van der Waals surface area contributed by atoms with Crippen LogP contribution in [0.25, 0.3) is 0 Å². The molecule has 0 aliphatic carbocycles. The molecule has 16 heavy (non-hydrogen) atoms. The second-order valence-corrected chi connectivity index (χ2v) is 4.67. The Morgan fingerprint density at radius 1 is 1.56 bits per heavy atom. The second-order valence-electron chi connectivity index (χ2n) is 4.09. The van der Waals surface area contributed by atoms with Gasteiger partial charge in [-0.2, -0.15) is 0 Å². The summed E-state index contributed by atoms with van der Waals surface area (Å²) in [5.41, 5.74) is 0.898. The minimum Gasteiger partial charge on any atom is -0.487 e. The Kier molecular flexibility index (Phi) is 3.78. The summed E-state index contributed by atoms with van der Waals surface area (Å²) in [5, 5.41) is 9.84. The number of hydrogen-bond donors (Lipinski definition) is 1. The molecule has 0 saturated carbocycles. The monoisotopic (exact) mass is 242 g/mol. The van der Waals surface area contributed by atoms with Crippen LogP contribution in [-0.4, -0.2) is 23.5 Å². The quantitative estimate of drug-likeness (QED) is 0.823. The van der Waals surface area contributed by atoms with Gasteiger partial charge in [-0.3, -0.25) is 0 Å². The van der Waals surface area contributed by atoms with E-state index in [1.165, 1.54) is 12.1 Å². The lowest BCUT2D eigenvalue weighted by molar-refractivity contribution is 0.0226. The highest BCUT2D eigenvalue weighted by atomic mass is 31.0. The number of hydrogen-bond acceptors (Lipinski definition) is 2. The lowest BCUT2D eigenvalue weighted by atomic mass is 9.98. The fourth-order valence-electron chi connectivity index (χ4n) is 2.01. The van der Waals surface area contributed by atoms with E-state index < -0.39 is 6.10 Å². The van der Waals surface area contributed by atoms with Gasteiger partial charge in [0.05, 0.1) is 6.10 Å². The summed E-state index contributed by atoms with van der Waals surface area (Å²) in [7, 11) is 2.60. The Bertz CT molecular complexity index is 370. The zero-order valence-corrected chi connectivity index (χ0v) is 10.2. The average molecular weight is 242 g/mol. The minimum atomic E-state index is -0.435. The number of aliphatic hydroxyl groups is 1. The molecular weight excluding hydrogens is 226 g/mol. The Morgan fingerprint density at radius 3 is 3.12 bits per heavy atom. The van der Waals surface area contributed by atoms with Crippen molar-refractivity contribution in [2.45, 2.75) is 31.5 Å². The van der Waals surface area contributed by atoms with Crippen molar-refractivity contribution in [3.05, 3.63) is 29.6 Å². The summed E-state index contributed by atoms with van der Waals surface area (Å²) in [6, 6.07) is 4.54. The third kappa shape index (κ3) is 2.53. The van der Waals surface area contributed by atoms with E-state index in [9.17, 15) is 9.50 Å². The number of halogens is 1. The molecule has 1 aliphatic heterocycles. The molecule has 1 aromatic rings. The molecule has 0 aromatic heterocycles. The third-order valence-corrected chi connectivity index (χ3v) is 3.22. The first-order chi connectivity index (χ1) is 7.70. The van der Waals surface area contributed by atoms with Crippen molar-refractivity contribution in [1.82, 2.24) is 0 Å². The van der Waals surface area contributed by atoms with Crippen LogP contribution in [-0.2, 0) is 6.42 Å². The predicted molar refractivity (Wildman–Crippen MR) is 64.3 cm³/mol. The fourth-order valence-corrected chi connectivity index (χ4v) is 2.35. The molecule has 4 heteroatoms. The topological polar surface area (TPSA) is 29.5 Å². The molecule has 2 nitrogen and oxygen atoms in total. The summed E-state index contributed by atoms with van der Waals surface area (Å²) >= 11 is 0. The number of ether oxygens (including phenoxy) is 1. The van der Waals surface area contributed by atoms with Crippen molar-refractivity contribution in [2.24, 2.45) is 0 Å². The van der Waals surface area contributed by atoms with Crippen molar-refractivity contribution < 1.29 is 14.2 Å². The SMILES string of the molecule is O[C@@H](CCP)[C@H]1CCc2cc(F)ccc2O1. The van der Waals surface area contributed by atoms with E-state index in [1.54, 1.807) is 6.07 Å². The van der Waals surface area contributed by atoms with E-state index in [4.69, 9.17) is 4.74 Å². The highest BCUT2D eigenvalue weighted by Gasteiger charge is 2.25. The van der Waals surface area contributed by atoms with Crippen LogP contribution in [0.1, 0.15) is 18.4 Å². The molecule has 1 aromatic carbocycles. The van der Waals surface area contributed by atoms with E-state index in [-0.39, 0.29) is 11.9 Å². The highest BCUT2D eigenvalue weighted by Crippen LogP contribution is 2.29. The zero-order valence-electron chi connectivity index (χ0n) is 9.03. The van der Waals surface area contributed by atoms with E-state index in [1.807, 2.05) is 0 Å². The van der Waals surface area contributed by atoms with Crippen molar-refractivity contribution in [1.29, 1.82) is 0 Å². The van der Waals surface area contributed by atoms with Crippen molar-refractivity contribution in [2.75, 3.05) is 6.16 Å². The summed E-state index contributed by atoms with van der Waals surface area (Å²) in [4.78, 5) is 0. The van der Waals surface area contributed by atoms with Gasteiger partial charge in [-0.25, -0.2) is 4.39 Å². The van der Waals surface area contributed by atoms with Gasteiger partial charge < -0.3 is 9.84 Å². The van der Waals surface area contributed by atoms with Gasteiger partial charge in [0.2, 0.25) is 0 Å². The van der Waals surface area contributed by atoms with Crippen molar-refractivity contribution in [3.63, 3.8) is 0 Å². The minimum absolute atomic E-state index is 0.154. The van der Waals surface area contributed by atoms with Crippen molar-refractivity contribution in [3.8, 4) is 5.75 Å². The van der Waals surface area contributed by atoms with Crippen LogP contribution in [0.2, 0.25) is 0 Å². The van der Waals surface area contributed by atoms with Crippen molar-refractivity contribution >= 4 is 9.24 Å². The first-order valence-corrected chi connectivity index (χ1v) is 6.35. The molecule has 88 valence electrons. The zero-order chi connectivity index (χ0) is 11.5. The maximum absolute atomic E-state index is 13.0. The van der Waals surface area contributed by atoms with E-state index in [2.05, 4.69) is 9.24 Å². The molecule has 0 spiro atoms. The molecule has 0 fully saturated rings. The normalized spacial score (nSPS) is 21.1. The van der Waals surface area contributed by atoms with Gasteiger partial charge in [-0.05, 0) is 49.2 Å². The molecule has 1 aliphatic rings. The number of fused-ring (bicyclic) bond motifs is 1. The Morgan fingerprint density at radius 2 is 2.38 bits per heavy atom. The average Bonchev–Trinajstić information content (AvgIpc) is 2.28. The van der Waals surface area contributed by atoms with E-state index in [0.29, 0.717) is 12.2 Å². The van der Waals surface area contributed by atoms with Gasteiger partial charge in [-0.15, -0.1) is 9.24 Å². The summed E-state index contributed by atoms with van der Waals surface area (Å²) in [6.07, 6.45) is 2.51. The standard InChI is InChI=1S/C12H16FO2P/c13-9-2-4-11-8(7-9)1-3-12(15-11)10(14)5-6-16/h2,4,7,10,12,14H,1,3,5-6,16H2/t10-,12+/m0/s1. The van der Waals surface area contributed by atoms with Crippen LogP contribution in [0.4, 0.5) is 4.39 Å². The van der Waals surface area contributed by atoms with Crippen LogP contribution in [0.5, 0.6) is 5.75 Å². The van der Waals surface area contributed by atoms with Gasteiger partial charge in [0.1, 0.15) is 17.7 Å². The molecule has 1 unspecified atom stereocenters. The Hall–Kier alpha value is -0.660. The van der Waals surface area contributed by atoms with Gasteiger partial charge in [0, 0.05) is 0 Å². The molecule has 1 N–H and O–H groups in total. The van der Waals surface area contributed by atoms with Gasteiger partial charge in [-0.1, -0.05) is 0 Å². The van der Waals surface area contributed by atoms with Crippen LogP contribution in [0, 0.1) is 5.82 Å². The van der Waals surface area contributed by atoms with Crippen LogP contribution in [0.15, 0.2) is 18.2 Å². The second kappa shape index (κ2) is 5.11. The number of aliphatic hydroxyl groups excluding tert-OH is 1. The molecule has 3 atom stereocenters. The third-order valence-electron chi connectivity index (χ3n) is 2.89. The van der Waals surface area contributed by atoms with Crippen LogP contribution < -0.4 is 4.74 Å². The van der Waals surface area contributed by atoms with Gasteiger partial charge >= 0.3 is 0 Å². The summed E-state index contributed by atoms with van der Waals surface area (Å²) in [5.74, 6) is 0.478. The Balaban J connectivity index is 2.09. The first-order valence-electron chi connectivity index (χ1n) is 5.54. The number of benzene rings is 1. The number of aryl methyl sites for hydroxylation is 1. The predicted octanol–water partition coefficient (Wildman–Crippen LogP) is 2.15. The maximum Gasteiger partial charge on any atom is 0.125 e. The smallest absolute Gasteiger partial charge is 0.125 e. The van der Waals surface area contributed by atoms with Gasteiger partial charge in [0.25, 0.3) is 0 Å². The number of rotatable bonds is 3. The molecule has 0 saturated heterocycles. The molecule has 0 amide bonds. The summed E-state index contributed by atoms with van der Waals surface area (Å²) < 4.78 is 18.6. The molecule has 0 radical (unpaired) electrons. The molecule has 0 bridgehead atoms.